The van der Waals surface area contributed by atoms with E-state index in [1.165, 1.54) is 10.7 Å². The zero-order chi connectivity index (χ0) is 24.2. The minimum Gasteiger partial charge on any atom is -0.425 e. The van der Waals surface area contributed by atoms with Crippen molar-refractivity contribution in [2.45, 2.75) is 50.7 Å². The van der Waals surface area contributed by atoms with Crippen molar-refractivity contribution in [2.75, 3.05) is 0 Å². The molecule has 0 radical (unpaired) electrons. The van der Waals surface area contributed by atoms with E-state index in [2.05, 4.69) is 30.2 Å². The first-order valence-corrected chi connectivity index (χ1v) is 10.4. The molecule has 0 spiro atoms. The van der Waals surface area contributed by atoms with E-state index < -0.39 is 23.5 Å². The summed E-state index contributed by atoms with van der Waals surface area (Å²) in [4.78, 5) is 23.8. The average Bonchev–Trinajstić information content (AvgIpc) is 3.35. The number of aromatic amines is 1. The Balaban J connectivity index is 1.57. The lowest BCUT2D eigenvalue weighted by Gasteiger charge is -2.32. The summed E-state index contributed by atoms with van der Waals surface area (Å²) in [5.74, 6) is 1.02. The topological polar surface area (TPSA) is 139 Å². The third-order valence-electron chi connectivity index (χ3n) is 6.10. The van der Waals surface area contributed by atoms with Crippen molar-refractivity contribution in [3.05, 3.63) is 63.2 Å². The molecule has 1 saturated carbocycles. The number of nitrogens with one attached hydrogen (secondary N) is 1. The second-order valence-corrected chi connectivity index (χ2v) is 8.15. The van der Waals surface area contributed by atoms with Gasteiger partial charge in [0.25, 0.3) is 5.56 Å². The summed E-state index contributed by atoms with van der Waals surface area (Å²) in [6.45, 7) is 3.36. The Labute approximate surface area is 189 Å². The van der Waals surface area contributed by atoms with Crippen LogP contribution < -0.4 is 5.56 Å². The Hall–Kier alpha value is -4.08. The molecule has 4 heterocycles. The van der Waals surface area contributed by atoms with Crippen molar-refractivity contribution < 1.29 is 17.6 Å². The Morgan fingerprint density at radius 1 is 1.26 bits per heavy atom. The van der Waals surface area contributed by atoms with E-state index in [4.69, 9.17) is 4.42 Å². The van der Waals surface area contributed by atoms with Crippen LogP contribution in [-0.2, 0) is 6.18 Å². The number of aryl methyl sites for hydroxylation is 1. The minimum atomic E-state index is -4.56. The van der Waals surface area contributed by atoms with E-state index in [1.807, 2.05) is 6.07 Å². The highest BCUT2D eigenvalue weighted by Gasteiger charge is 2.39. The van der Waals surface area contributed by atoms with E-state index in [1.54, 1.807) is 13.8 Å². The lowest BCUT2D eigenvalue weighted by atomic mass is 9.73. The first-order valence-electron chi connectivity index (χ1n) is 10.4. The summed E-state index contributed by atoms with van der Waals surface area (Å²) in [7, 11) is 0. The van der Waals surface area contributed by atoms with E-state index in [0.29, 0.717) is 23.2 Å². The molecule has 1 N–H and O–H groups in total. The molecule has 1 aliphatic rings. The molecule has 0 saturated heterocycles. The standard InChI is InChI=1S/C21H17F3N8O2/c1-9(11-3-6-15(26-8-11)21(22,23)24)32-18-16(14(7-25)31-32)19(33)28-17(27-18)12-4-5-13(12)20-30-29-10(2)34-20/h3,6,8-9,12-13H,4-5H2,1-2H3,(H,27,28,33)/t9?,12-,13-/m0/s1. The normalized spacial score (nSPS) is 19.1. The van der Waals surface area contributed by atoms with Crippen LogP contribution in [0.5, 0.6) is 0 Å². The molecule has 0 aliphatic heterocycles. The molecule has 174 valence electrons. The SMILES string of the molecule is Cc1nnc([C@H]2CC[C@@H]2c2nc3c(c(C#N)nn3C(C)c3ccc(C(F)(F)F)nc3)c(=O)[nH]2)o1. The molecule has 1 aliphatic carbocycles. The Morgan fingerprint density at radius 2 is 2.03 bits per heavy atom. The largest absolute Gasteiger partial charge is 0.433 e. The molecule has 1 fully saturated rings. The predicted molar refractivity (Wildman–Crippen MR) is 110 cm³/mol. The van der Waals surface area contributed by atoms with Crippen LogP contribution in [0.1, 0.15) is 72.2 Å². The molecule has 4 aromatic heterocycles. The smallest absolute Gasteiger partial charge is 0.425 e. The maximum Gasteiger partial charge on any atom is 0.433 e. The summed E-state index contributed by atoms with van der Waals surface area (Å²) in [6, 6.07) is 3.41. The molecule has 3 atom stereocenters. The molecule has 0 amide bonds. The second-order valence-electron chi connectivity index (χ2n) is 8.15. The molecule has 34 heavy (non-hydrogen) atoms. The minimum absolute atomic E-state index is 0.0162. The fourth-order valence-corrected chi connectivity index (χ4v) is 4.13. The second kappa shape index (κ2) is 7.75. The van der Waals surface area contributed by atoms with Crippen LogP contribution in [0.15, 0.2) is 27.5 Å². The summed E-state index contributed by atoms with van der Waals surface area (Å²) in [5.41, 5.74) is -1.09. The average molecular weight is 470 g/mol. The maximum absolute atomic E-state index is 12.9. The van der Waals surface area contributed by atoms with Crippen LogP contribution in [0.3, 0.4) is 0 Å². The van der Waals surface area contributed by atoms with Crippen molar-refractivity contribution in [1.29, 1.82) is 5.26 Å². The zero-order valence-corrected chi connectivity index (χ0v) is 18.0. The van der Waals surface area contributed by atoms with Gasteiger partial charge in [0.15, 0.2) is 11.3 Å². The third-order valence-corrected chi connectivity index (χ3v) is 6.10. The predicted octanol–water partition coefficient (Wildman–Crippen LogP) is 3.37. The van der Waals surface area contributed by atoms with Gasteiger partial charge in [-0.1, -0.05) is 6.07 Å². The van der Waals surface area contributed by atoms with Crippen molar-refractivity contribution in [1.82, 2.24) is 34.9 Å². The van der Waals surface area contributed by atoms with Gasteiger partial charge in [0.2, 0.25) is 11.8 Å². The van der Waals surface area contributed by atoms with Crippen LogP contribution in [0.2, 0.25) is 0 Å². The number of hydrogen-bond acceptors (Lipinski definition) is 8. The number of rotatable bonds is 4. The first kappa shape index (κ1) is 21.7. The van der Waals surface area contributed by atoms with Gasteiger partial charge in [-0.05, 0) is 31.4 Å². The highest BCUT2D eigenvalue weighted by molar-refractivity contribution is 5.80. The van der Waals surface area contributed by atoms with Crippen molar-refractivity contribution in [2.24, 2.45) is 0 Å². The van der Waals surface area contributed by atoms with Crippen LogP contribution in [0.4, 0.5) is 13.2 Å². The Bertz CT molecular complexity index is 1480. The number of H-pyrrole nitrogens is 1. The van der Waals surface area contributed by atoms with Crippen molar-refractivity contribution >= 4 is 11.0 Å². The van der Waals surface area contributed by atoms with Gasteiger partial charge in [0, 0.05) is 25.0 Å². The molecule has 10 nitrogen and oxygen atoms in total. The number of nitriles is 1. The number of alkyl halides is 3. The Kier molecular flexibility index (Phi) is 4.96. The van der Waals surface area contributed by atoms with E-state index in [0.717, 1.165) is 25.1 Å². The number of fused-ring (bicyclic) bond motifs is 1. The monoisotopic (exact) mass is 470 g/mol. The number of hydrogen-bond donors (Lipinski definition) is 1. The Morgan fingerprint density at radius 3 is 2.59 bits per heavy atom. The molecule has 4 aromatic rings. The number of aromatic nitrogens is 7. The molecule has 5 rings (SSSR count). The highest BCUT2D eigenvalue weighted by atomic mass is 19.4. The molecule has 1 unspecified atom stereocenters. The number of nitrogens with zero attached hydrogens (tertiary/aromatic N) is 7. The maximum atomic E-state index is 12.9. The molecule has 0 bridgehead atoms. The van der Waals surface area contributed by atoms with Gasteiger partial charge in [0.05, 0.1) is 6.04 Å². The molecular formula is C21H17F3N8O2. The van der Waals surface area contributed by atoms with Gasteiger partial charge >= 0.3 is 6.18 Å². The third kappa shape index (κ3) is 3.51. The molecule has 0 aromatic carbocycles. The summed E-state index contributed by atoms with van der Waals surface area (Å²) >= 11 is 0. The van der Waals surface area contributed by atoms with Gasteiger partial charge in [-0.3, -0.25) is 9.78 Å². The van der Waals surface area contributed by atoms with Gasteiger partial charge in [0.1, 0.15) is 23.0 Å². The number of halogens is 3. The van der Waals surface area contributed by atoms with Gasteiger partial charge in [-0.2, -0.15) is 23.5 Å². The zero-order valence-electron chi connectivity index (χ0n) is 18.0. The molecular weight excluding hydrogens is 453 g/mol. The van der Waals surface area contributed by atoms with Gasteiger partial charge < -0.3 is 9.40 Å². The number of pyridine rings is 1. The van der Waals surface area contributed by atoms with Crippen LogP contribution in [0.25, 0.3) is 11.0 Å². The lowest BCUT2D eigenvalue weighted by Crippen LogP contribution is -2.27. The van der Waals surface area contributed by atoms with E-state index in [9.17, 15) is 23.2 Å². The van der Waals surface area contributed by atoms with Crippen molar-refractivity contribution in [3.8, 4) is 6.07 Å². The first-order chi connectivity index (χ1) is 16.2. The fraction of sp³-hybridized carbons (Fsp3) is 0.381. The summed E-state index contributed by atoms with van der Waals surface area (Å²) in [5, 5.41) is 21.7. The quantitative estimate of drug-likeness (QED) is 0.479. The van der Waals surface area contributed by atoms with Gasteiger partial charge in [-0.15, -0.1) is 10.2 Å². The van der Waals surface area contributed by atoms with Gasteiger partial charge in [-0.25, -0.2) is 9.67 Å². The molecule has 13 heteroatoms. The van der Waals surface area contributed by atoms with Crippen LogP contribution in [-0.4, -0.2) is 34.9 Å². The van der Waals surface area contributed by atoms with Crippen LogP contribution in [0, 0.1) is 18.3 Å². The lowest BCUT2D eigenvalue weighted by molar-refractivity contribution is -0.141. The highest BCUT2D eigenvalue weighted by Crippen LogP contribution is 2.47. The summed E-state index contributed by atoms with van der Waals surface area (Å²) < 4.78 is 45.5. The van der Waals surface area contributed by atoms with Crippen LogP contribution >= 0.6 is 0 Å². The fourth-order valence-electron chi connectivity index (χ4n) is 4.13. The van der Waals surface area contributed by atoms with Crippen molar-refractivity contribution in [3.63, 3.8) is 0 Å². The van der Waals surface area contributed by atoms with E-state index >= 15 is 0 Å². The summed E-state index contributed by atoms with van der Waals surface area (Å²) in [6.07, 6.45) is -1.95. The van der Waals surface area contributed by atoms with E-state index in [-0.39, 0.29) is 28.6 Å².